The molecule has 0 aliphatic rings. The lowest BCUT2D eigenvalue weighted by atomic mass is 10.0. The number of hydrogen-bond acceptors (Lipinski definition) is 2. The topological polar surface area (TPSA) is 43.8 Å². The van der Waals surface area contributed by atoms with Crippen molar-refractivity contribution < 1.29 is 0 Å². The highest BCUT2D eigenvalue weighted by Crippen LogP contribution is 2.24. The monoisotopic (exact) mass is 217 g/mol. The van der Waals surface area contributed by atoms with Crippen LogP contribution >= 0.6 is 15.9 Å². The van der Waals surface area contributed by atoms with Gasteiger partial charge in [-0.1, -0.05) is 0 Å². The van der Waals surface area contributed by atoms with E-state index in [1.54, 1.807) is 10.9 Å². The van der Waals surface area contributed by atoms with E-state index in [4.69, 9.17) is 5.73 Å². The first-order valence-corrected chi connectivity index (χ1v) is 4.19. The van der Waals surface area contributed by atoms with Gasteiger partial charge in [0.15, 0.2) is 0 Å². The standard InChI is InChI=1S/C7H12BrN3/c1-7(2,9)6-5(8)4-10-11(6)3/h4H,9H2,1-3H3. The van der Waals surface area contributed by atoms with Gasteiger partial charge in [0, 0.05) is 7.05 Å². The van der Waals surface area contributed by atoms with Crippen molar-refractivity contribution in [1.29, 1.82) is 0 Å². The smallest absolute Gasteiger partial charge is 0.0715 e. The molecule has 1 aromatic heterocycles. The van der Waals surface area contributed by atoms with Crippen molar-refractivity contribution >= 4 is 15.9 Å². The fourth-order valence-corrected chi connectivity index (χ4v) is 1.99. The molecule has 1 aromatic rings. The minimum atomic E-state index is -0.343. The molecule has 62 valence electrons. The summed E-state index contributed by atoms with van der Waals surface area (Å²) in [5.74, 6) is 0. The van der Waals surface area contributed by atoms with E-state index in [-0.39, 0.29) is 5.54 Å². The van der Waals surface area contributed by atoms with Crippen LogP contribution in [0.4, 0.5) is 0 Å². The Morgan fingerprint density at radius 3 is 2.36 bits per heavy atom. The second-order valence-electron chi connectivity index (χ2n) is 3.19. The molecule has 0 saturated carbocycles. The summed E-state index contributed by atoms with van der Waals surface area (Å²) in [6.07, 6.45) is 1.75. The van der Waals surface area contributed by atoms with Gasteiger partial charge < -0.3 is 5.73 Å². The number of halogens is 1. The maximum Gasteiger partial charge on any atom is 0.0715 e. The van der Waals surface area contributed by atoms with Crippen LogP contribution in [-0.2, 0) is 12.6 Å². The molecule has 3 nitrogen and oxygen atoms in total. The molecule has 0 aromatic carbocycles. The van der Waals surface area contributed by atoms with E-state index in [0.717, 1.165) is 10.2 Å². The zero-order valence-corrected chi connectivity index (χ0v) is 8.51. The van der Waals surface area contributed by atoms with Gasteiger partial charge in [0.25, 0.3) is 0 Å². The molecule has 0 bridgehead atoms. The Bertz CT molecular complexity index is 240. The first-order valence-electron chi connectivity index (χ1n) is 3.40. The highest BCUT2D eigenvalue weighted by Gasteiger charge is 2.21. The summed E-state index contributed by atoms with van der Waals surface area (Å²) in [4.78, 5) is 0. The van der Waals surface area contributed by atoms with Crippen molar-refractivity contribution in [3.8, 4) is 0 Å². The van der Waals surface area contributed by atoms with Crippen LogP contribution in [0, 0.1) is 0 Å². The lowest BCUT2D eigenvalue weighted by molar-refractivity contribution is 0.494. The fourth-order valence-electron chi connectivity index (χ4n) is 1.14. The summed E-state index contributed by atoms with van der Waals surface area (Å²) in [5.41, 5.74) is 6.58. The second kappa shape index (κ2) is 2.60. The van der Waals surface area contributed by atoms with Crippen molar-refractivity contribution in [2.24, 2.45) is 12.8 Å². The van der Waals surface area contributed by atoms with Gasteiger partial charge in [0.05, 0.1) is 21.9 Å². The number of hydrogen-bond donors (Lipinski definition) is 1. The molecular formula is C7H12BrN3. The quantitative estimate of drug-likeness (QED) is 0.773. The normalized spacial score (nSPS) is 12.1. The van der Waals surface area contributed by atoms with E-state index in [0.29, 0.717) is 0 Å². The van der Waals surface area contributed by atoms with Gasteiger partial charge in [-0.25, -0.2) is 0 Å². The third kappa shape index (κ3) is 1.62. The summed E-state index contributed by atoms with van der Waals surface area (Å²) in [7, 11) is 1.88. The first-order chi connectivity index (χ1) is 4.93. The molecule has 2 N–H and O–H groups in total. The largest absolute Gasteiger partial charge is 0.321 e. The van der Waals surface area contributed by atoms with Crippen LogP contribution in [0.1, 0.15) is 19.5 Å². The third-order valence-electron chi connectivity index (χ3n) is 1.50. The van der Waals surface area contributed by atoms with Gasteiger partial charge in [-0.05, 0) is 29.8 Å². The molecule has 1 rings (SSSR count). The van der Waals surface area contributed by atoms with Crippen LogP contribution < -0.4 is 5.73 Å². The molecule has 4 heteroatoms. The molecule has 0 spiro atoms. The lowest BCUT2D eigenvalue weighted by Crippen LogP contribution is -2.31. The Balaban J connectivity index is 3.21. The lowest BCUT2D eigenvalue weighted by Gasteiger charge is -2.19. The van der Waals surface area contributed by atoms with Gasteiger partial charge in [-0.2, -0.15) is 5.10 Å². The van der Waals surface area contributed by atoms with E-state index in [2.05, 4.69) is 21.0 Å². The first kappa shape index (κ1) is 8.74. The molecule has 0 amide bonds. The summed E-state index contributed by atoms with van der Waals surface area (Å²) in [6.45, 7) is 3.91. The maximum atomic E-state index is 5.91. The van der Waals surface area contributed by atoms with Crippen molar-refractivity contribution in [2.45, 2.75) is 19.4 Å². The Kier molecular flexibility index (Phi) is 2.07. The molecule has 0 aliphatic carbocycles. The minimum absolute atomic E-state index is 0.343. The van der Waals surface area contributed by atoms with Crippen molar-refractivity contribution in [1.82, 2.24) is 9.78 Å². The summed E-state index contributed by atoms with van der Waals surface area (Å²) in [6, 6.07) is 0. The number of nitrogens with zero attached hydrogens (tertiary/aromatic N) is 2. The highest BCUT2D eigenvalue weighted by molar-refractivity contribution is 9.10. The SMILES string of the molecule is Cn1ncc(Br)c1C(C)(C)N. The zero-order chi connectivity index (χ0) is 8.65. The zero-order valence-electron chi connectivity index (χ0n) is 6.93. The summed E-state index contributed by atoms with van der Waals surface area (Å²) < 4.78 is 2.75. The van der Waals surface area contributed by atoms with E-state index in [1.165, 1.54) is 0 Å². The Labute approximate surface area is 74.7 Å². The Morgan fingerprint density at radius 1 is 1.64 bits per heavy atom. The average molecular weight is 218 g/mol. The van der Waals surface area contributed by atoms with Crippen LogP contribution in [-0.4, -0.2) is 9.78 Å². The molecule has 0 atom stereocenters. The summed E-state index contributed by atoms with van der Waals surface area (Å²) >= 11 is 3.39. The predicted molar refractivity (Wildman–Crippen MR) is 48.1 cm³/mol. The van der Waals surface area contributed by atoms with Crippen LogP contribution in [0.15, 0.2) is 10.7 Å². The minimum Gasteiger partial charge on any atom is -0.321 e. The summed E-state index contributed by atoms with van der Waals surface area (Å²) in [5, 5.41) is 4.07. The predicted octanol–water partition coefficient (Wildman–Crippen LogP) is 1.38. The van der Waals surface area contributed by atoms with Crippen LogP contribution in [0.2, 0.25) is 0 Å². The van der Waals surface area contributed by atoms with Gasteiger partial charge in [0.1, 0.15) is 0 Å². The number of aryl methyl sites for hydroxylation is 1. The van der Waals surface area contributed by atoms with E-state index in [1.807, 2.05) is 20.9 Å². The average Bonchev–Trinajstić information content (AvgIpc) is 2.08. The second-order valence-corrected chi connectivity index (χ2v) is 4.04. The van der Waals surface area contributed by atoms with E-state index < -0.39 is 0 Å². The van der Waals surface area contributed by atoms with Gasteiger partial charge in [0.2, 0.25) is 0 Å². The fraction of sp³-hybridized carbons (Fsp3) is 0.571. The van der Waals surface area contributed by atoms with Gasteiger partial charge in [-0.15, -0.1) is 0 Å². The molecule has 11 heavy (non-hydrogen) atoms. The highest BCUT2D eigenvalue weighted by atomic mass is 79.9. The van der Waals surface area contributed by atoms with Crippen LogP contribution in [0.5, 0.6) is 0 Å². The number of rotatable bonds is 1. The van der Waals surface area contributed by atoms with Crippen molar-refractivity contribution in [3.63, 3.8) is 0 Å². The van der Waals surface area contributed by atoms with Gasteiger partial charge in [-0.3, -0.25) is 4.68 Å². The molecule has 0 aliphatic heterocycles. The number of nitrogens with two attached hydrogens (primary N) is 1. The molecule has 0 fully saturated rings. The number of aromatic nitrogens is 2. The Morgan fingerprint density at radius 2 is 2.18 bits per heavy atom. The van der Waals surface area contributed by atoms with Crippen molar-refractivity contribution in [3.05, 3.63) is 16.4 Å². The Hall–Kier alpha value is -0.350. The molecular weight excluding hydrogens is 206 g/mol. The van der Waals surface area contributed by atoms with Crippen LogP contribution in [0.25, 0.3) is 0 Å². The molecule has 1 heterocycles. The van der Waals surface area contributed by atoms with E-state index >= 15 is 0 Å². The van der Waals surface area contributed by atoms with E-state index in [9.17, 15) is 0 Å². The van der Waals surface area contributed by atoms with Crippen LogP contribution in [0.3, 0.4) is 0 Å². The molecule has 0 radical (unpaired) electrons. The molecule has 0 saturated heterocycles. The third-order valence-corrected chi connectivity index (χ3v) is 2.08. The molecule has 0 unspecified atom stereocenters. The van der Waals surface area contributed by atoms with Crippen molar-refractivity contribution in [2.75, 3.05) is 0 Å². The maximum absolute atomic E-state index is 5.91. The van der Waals surface area contributed by atoms with Gasteiger partial charge >= 0.3 is 0 Å².